The summed E-state index contributed by atoms with van der Waals surface area (Å²) in [7, 11) is 0. The number of benzene rings is 2. The van der Waals surface area contributed by atoms with Crippen LogP contribution in [-0.2, 0) is 28.9 Å². The van der Waals surface area contributed by atoms with Crippen LogP contribution in [0.5, 0.6) is 0 Å². The standard InChI is InChI=1S/C25H29N3O3S/c1-3-17-9-7-10-18(4-2)23(17)27-22(29)16-32-25-26-21-13-6-5-12-20(21)24(30)28(25)15-19-11-8-14-31-19/h5-7,9-10,12-13,19H,3-4,8,11,14-16H2,1-2H3,(H,27,29). The van der Waals surface area contributed by atoms with Crippen molar-refractivity contribution in [1.29, 1.82) is 0 Å². The van der Waals surface area contributed by atoms with Gasteiger partial charge in [0.05, 0.1) is 29.3 Å². The van der Waals surface area contributed by atoms with Crippen LogP contribution in [0.4, 0.5) is 5.69 Å². The van der Waals surface area contributed by atoms with E-state index in [0.29, 0.717) is 22.6 Å². The molecule has 3 aromatic rings. The van der Waals surface area contributed by atoms with Crippen molar-refractivity contribution in [2.75, 3.05) is 17.7 Å². The summed E-state index contributed by atoms with van der Waals surface area (Å²) in [6, 6.07) is 13.5. The zero-order valence-electron chi connectivity index (χ0n) is 18.6. The van der Waals surface area contributed by atoms with E-state index in [0.717, 1.165) is 49.1 Å². The van der Waals surface area contributed by atoms with Crippen LogP contribution in [0.15, 0.2) is 52.4 Å². The summed E-state index contributed by atoms with van der Waals surface area (Å²) in [5.74, 6) is 0.0778. The Morgan fingerprint density at radius 2 is 1.91 bits per heavy atom. The minimum absolute atomic E-state index is 0.00684. The van der Waals surface area contributed by atoms with E-state index in [1.54, 1.807) is 10.6 Å². The quantitative estimate of drug-likeness (QED) is 0.405. The Hall–Kier alpha value is -2.64. The molecule has 7 heteroatoms. The first-order valence-corrected chi connectivity index (χ1v) is 12.2. The lowest BCUT2D eigenvalue weighted by molar-refractivity contribution is -0.113. The Balaban J connectivity index is 1.57. The van der Waals surface area contributed by atoms with Crippen LogP contribution >= 0.6 is 11.8 Å². The third-order valence-electron chi connectivity index (χ3n) is 5.83. The maximum Gasteiger partial charge on any atom is 0.262 e. The van der Waals surface area contributed by atoms with Crippen LogP contribution in [0.2, 0.25) is 0 Å². The number of amides is 1. The summed E-state index contributed by atoms with van der Waals surface area (Å²) in [6.07, 6.45) is 3.64. The number of anilines is 1. The number of carbonyl (C=O) groups excluding carboxylic acids is 1. The molecule has 2 heterocycles. The van der Waals surface area contributed by atoms with Gasteiger partial charge in [-0.05, 0) is 48.9 Å². The molecule has 32 heavy (non-hydrogen) atoms. The largest absolute Gasteiger partial charge is 0.376 e. The van der Waals surface area contributed by atoms with Gasteiger partial charge in [0, 0.05) is 12.3 Å². The molecule has 1 N–H and O–H groups in total. The lowest BCUT2D eigenvalue weighted by Gasteiger charge is -2.17. The lowest BCUT2D eigenvalue weighted by atomic mass is 10.0. The molecule has 1 fully saturated rings. The van der Waals surface area contributed by atoms with Gasteiger partial charge in [-0.25, -0.2) is 4.98 Å². The van der Waals surface area contributed by atoms with E-state index < -0.39 is 0 Å². The molecule has 168 valence electrons. The molecule has 4 rings (SSSR count). The fourth-order valence-electron chi connectivity index (χ4n) is 4.12. The Bertz CT molecular complexity index is 1150. The van der Waals surface area contributed by atoms with E-state index >= 15 is 0 Å². The number of carbonyl (C=O) groups is 1. The van der Waals surface area contributed by atoms with Gasteiger partial charge in [-0.15, -0.1) is 0 Å². The number of thioether (sulfide) groups is 1. The third-order valence-corrected chi connectivity index (χ3v) is 6.81. The normalized spacial score (nSPS) is 15.9. The van der Waals surface area contributed by atoms with Crippen molar-refractivity contribution in [2.24, 2.45) is 0 Å². The average molecular weight is 452 g/mol. The summed E-state index contributed by atoms with van der Waals surface area (Å²) in [5, 5.41) is 4.24. The number of nitrogens with zero attached hydrogens (tertiary/aromatic N) is 2. The molecular weight excluding hydrogens is 422 g/mol. The van der Waals surface area contributed by atoms with E-state index in [-0.39, 0.29) is 23.3 Å². The second-order valence-corrected chi connectivity index (χ2v) is 8.90. The minimum atomic E-state index is -0.100. The number of rotatable bonds is 8. The van der Waals surface area contributed by atoms with Crippen molar-refractivity contribution in [3.8, 4) is 0 Å². The highest BCUT2D eigenvalue weighted by molar-refractivity contribution is 7.99. The van der Waals surface area contributed by atoms with Gasteiger partial charge in [0.2, 0.25) is 5.91 Å². The van der Waals surface area contributed by atoms with Gasteiger partial charge in [-0.3, -0.25) is 14.2 Å². The molecule has 1 aliphatic rings. The fraction of sp³-hybridized carbons (Fsp3) is 0.400. The van der Waals surface area contributed by atoms with Gasteiger partial charge in [-0.2, -0.15) is 0 Å². The van der Waals surface area contributed by atoms with Crippen LogP contribution in [0.3, 0.4) is 0 Å². The van der Waals surface area contributed by atoms with E-state index in [1.165, 1.54) is 11.8 Å². The van der Waals surface area contributed by atoms with Gasteiger partial charge in [-0.1, -0.05) is 55.9 Å². The van der Waals surface area contributed by atoms with Crippen molar-refractivity contribution in [2.45, 2.75) is 57.3 Å². The number of para-hydroxylation sites is 2. The molecule has 0 saturated carbocycles. The number of nitrogens with one attached hydrogen (secondary N) is 1. The topological polar surface area (TPSA) is 73.2 Å². The summed E-state index contributed by atoms with van der Waals surface area (Å²) >= 11 is 1.30. The summed E-state index contributed by atoms with van der Waals surface area (Å²) in [4.78, 5) is 30.8. The number of aromatic nitrogens is 2. The van der Waals surface area contributed by atoms with E-state index in [4.69, 9.17) is 9.72 Å². The summed E-state index contributed by atoms with van der Waals surface area (Å²) < 4.78 is 7.43. The lowest BCUT2D eigenvalue weighted by Crippen LogP contribution is -2.29. The van der Waals surface area contributed by atoms with Crippen LogP contribution < -0.4 is 10.9 Å². The Labute approximate surface area is 192 Å². The van der Waals surface area contributed by atoms with Gasteiger partial charge < -0.3 is 10.1 Å². The molecule has 1 amide bonds. The van der Waals surface area contributed by atoms with Crippen molar-refractivity contribution in [3.63, 3.8) is 0 Å². The first-order valence-electron chi connectivity index (χ1n) is 11.2. The highest BCUT2D eigenvalue weighted by Crippen LogP contribution is 2.24. The van der Waals surface area contributed by atoms with E-state index in [9.17, 15) is 9.59 Å². The van der Waals surface area contributed by atoms with Crippen molar-refractivity contribution < 1.29 is 9.53 Å². The number of hydrogen-bond acceptors (Lipinski definition) is 5. The summed E-state index contributed by atoms with van der Waals surface area (Å²) in [6.45, 7) is 5.35. The second-order valence-electron chi connectivity index (χ2n) is 7.96. The van der Waals surface area contributed by atoms with Gasteiger partial charge in [0.25, 0.3) is 5.56 Å². The van der Waals surface area contributed by atoms with Crippen molar-refractivity contribution in [1.82, 2.24) is 9.55 Å². The first kappa shape index (κ1) is 22.6. The predicted molar refractivity (Wildman–Crippen MR) is 130 cm³/mol. The highest BCUT2D eigenvalue weighted by atomic mass is 32.2. The number of aryl methyl sites for hydroxylation is 2. The zero-order valence-corrected chi connectivity index (χ0v) is 19.4. The fourth-order valence-corrected chi connectivity index (χ4v) is 4.93. The van der Waals surface area contributed by atoms with Crippen LogP contribution in [0.25, 0.3) is 10.9 Å². The molecule has 0 spiro atoms. The van der Waals surface area contributed by atoms with Crippen molar-refractivity contribution in [3.05, 3.63) is 63.9 Å². The maximum atomic E-state index is 13.2. The van der Waals surface area contributed by atoms with Crippen LogP contribution in [-0.4, -0.2) is 33.9 Å². The molecule has 1 aliphatic heterocycles. The predicted octanol–water partition coefficient (Wildman–Crippen LogP) is 4.43. The Morgan fingerprint density at radius 3 is 2.59 bits per heavy atom. The number of ether oxygens (including phenoxy) is 1. The molecule has 1 aromatic heterocycles. The van der Waals surface area contributed by atoms with Crippen LogP contribution in [0.1, 0.15) is 37.8 Å². The molecule has 0 radical (unpaired) electrons. The van der Waals surface area contributed by atoms with Crippen LogP contribution in [0, 0.1) is 0 Å². The molecule has 2 aromatic carbocycles. The smallest absolute Gasteiger partial charge is 0.262 e. The third kappa shape index (κ3) is 4.89. The molecule has 1 saturated heterocycles. The van der Waals surface area contributed by atoms with Gasteiger partial charge >= 0.3 is 0 Å². The Morgan fingerprint density at radius 1 is 1.16 bits per heavy atom. The molecule has 0 aliphatic carbocycles. The maximum absolute atomic E-state index is 13.2. The minimum Gasteiger partial charge on any atom is -0.376 e. The molecule has 1 unspecified atom stereocenters. The molecule has 6 nitrogen and oxygen atoms in total. The van der Waals surface area contributed by atoms with Gasteiger partial charge in [0.15, 0.2) is 5.16 Å². The highest BCUT2D eigenvalue weighted by Gasteiger charge is 2.21. The Kier molecular flexibility index (Phi) is 7.27. The molecule has 0 bridgehead atoms. The van der Waals surface area contributed by atoms with Crippen molar-refractivity contribution >= 4 is 34.3 Å². The molecule has 1 atom stereocenters. The second kappa shape index (κ2) is 10.3. The van der Waals surface area contributed by atoms with E-state index in [1.807, 2.05) is 36.4 Å². The summed E-state index contributed by atoms with van der Waals surface area (Å²) in [5.41, 5.74) is 3.72. The number of hydrogen-bond donors (Lipinski definition) is 1. The first-order chi connectivity index (χ1) is 15.6. The molecular formula is C25H29N3O3S. The van der Waals surface area contributed by atoms with Gasteiger partial charge in [0.1, 0.15) is 0 Å². The average Bonchev–Trinajstić information content (AvgIpc) is 3.33. The van der Waals surface area contributed by atoms with E-state index in [2.05, 4.69) is 19.2 Å². The monoisotopic (exact) mass is 451 g/mol. The zero-order chi connectivity index (χ0) is 22.5. The number of fused-ring (bicyclic) bond motifs is 1. The SMILES string of the molecule is CCc1cccc(CC)c1NC(=O)CSc1nc2ccccc2c(=O)n1CC1CCCO1.